The molecule has 0 fully saturated rings. The Morgan fingerprint density at radius 2 is 1.97 bits per heavy atom. The third kappa shape index (κ3) is 4.67. The van der Waals surface area contributed by atoms with Crippen molar-refractivity contribution in [2.45, 2.75) is 37.5 Å². The number of fused-ring (bicyclic) bond motifs is 2. The molecule has 2 unspecified atom stereocenters. The van der Waals surface area contributed by atoms with Crippen LogP contribution >= 0.6 is 0 Å². The number of aromatic nitrogens is 1. The molecule has 6 nitrogen and oxygen atoms in total. The summed E-state index contributed by atoms with van der Waals surface area (Å²) in [6.45, 7) is 0.348. The molecule has 0 spiro atoms. The lowest BCUT2D eigenvalue weighted by Gasteiger charge is -2.17. The van der Waals surface area contributed by atoms with Gasteiger partial charge in [0.1, 0.15) is 40.6 Å². The number of nitrogens with zero attached hydrogens (tertiary/aromatic N) is 1. The first-order chi connectivity index (χ1) is 17.2. The maximum atomic E-state index is 14.8. The second kappa shape index (κ2) is 9.33. The average molecular weight is 503 g/mol. The molecular formula is C26H21F4NO5. The third-order valence-corrected chi connectivity index (χ3v) is 6.27. The van der Waals surface area contributed by atoms with E-state index in [2.05, 4.69) is 4.98 Å². The van der Waals surface area contributed by atoms with Crippen LogP contribution in [0, 0.1) is 5.82 Å². The van der Waals surface area contributed by atoms with Gasteiger partial charge in [-0.05, 0) is 37.1 Å². The molecule has 2 atom stereocenters. The summed E-state index contributed by atoms with van der Waals surface area (Å²) in [6.07, 6.45) is -3.12. The van der Waals surface area contributed by atoms with Gasteiger partial charge in [-0.1, -0.05) is 6.07 Å². The van der Waals surface area contributed by atoms with E-state index in [0.717, 1.165) is 17.8 Å². The molecule has 3 aromatic rings. The van der Waals surface area contributed by atoms with E-state index in [1.54, 1.807) is 12.1 Å². The number of benzene rings is 2. The molecule has 0 saturated heterocycles. The van der Waals surface area contributed by atoms with Crippen LogP contribution in [0.5, 0.6) is 23.0 Å². The second-order valence-corrected chi connectivity index (χ2v) is 8.55. The summed E-state index contributed by atoms with van der Waals surface area (Å²) in [4.78, 5) is 15.0. The Kier molecular flexibility index (Phi) is 6.19. The molecule has 36 heavy (non-hydrogen) atoms. The number of esters is 1. The van der Waals surface area contributed by atoms with Crippen molar-refractivity contribution in [1.29, 1.82) is 0 Å². The summed E-state index contributed by atoms with van der Waals surface area (Å²) in [5.74, 6) is 0.357. The highest BCUT2D eigenvalue weighted by Crippen LogP contribution is 2.44. The number of carbonyl (C=O) groups is 1. The fraction of sp³-hybridized carbons (Fsp3) is 0.308. The molecule has 2 heterocycles. The molecule has 0 radical (unpaired) electrons. The van der Waals surface area contributed by atoms with Gasteiger partial charge in [0.25, 0.3) is 0 Å². The van der Waals surface area contributed by atoms with E-state index in [4.69, 9.17) is 18.9 Å². The topological polar surface area (TPSA) is 66.9 Å². The maximum absolute atomic E-state index is 14.8. The van der Waals surface area contributed by atoms with Gasteiger partial charge in [0.15, 0.2) is 0 Å². The van der Waals surface area contributed by atoms with Crippen LogP contribution in [0.4, 0.5) is 17.6 Å². The van der Waals surface area contributed by atoms with Crippen LogP contribution in [0.15, 0.2) is 48.7 Å². The Bertz CT molecular complexity index is 1310. The lowest BCUT2D eigenvalue weighted by molar-refractivity contribution is -0.142. The second-order valence-electron chi connectivity index (χ2n) is 8.55. The fourth-order valence-corrected chi connectivity index (χ4v) is 4.56. The van der Waals surface area contributed by atoms with E-state index in [1.165, 1.54) is 25.3 Å². The molecule has 0 amide bonds. The summed E-state index contributed by atoms with van der Waals surface area (Å²) >= 11 is 0. The van der Waals surface area contributed by atoms with E-state index in [-0.39, 0.29) is 29.8 Å². The van der Waals surface area contributed by atoms with E-state index in [0.29, 0.717) is 42.1 Å². The molecule has 1 aromatic heterocycles. The number of alkyl halides is 3. The molecular weight excluding hydrogens is 482 g/mol. The van der Waals surface area contributed by atoms with Crippen molar-refractivity contribution >= 4 is 5.97 Å². The third-order valence-electron chi connectivity index (χ3n) is 6.27. The van der Waals surface area contributed by atoms with Crippen molar-refractivity contribution in [2.75, 3.05) is 13.7 Å². The molecule has 0 N–H and O–H groups in total. The molecule has 1 aliphatic carbocycles. The molecule has 188 valence electrons. The van der Waals surface area contributed by atoms with Gasteiger partial charge in [-0.3, -0.25) is 9.78 Å². The van der Waals surface area contributed by atoms with E-state index in [9.17, 15) is 22.4 Å². The minimum Gasteiger partial charge on any atom is -0.492 e. The first-order valence-electron chi connectivity index (χ1n) is 11.3. The van der Waals surface area contributed by atoms with Gasteiger partial charge in [-0.15, -0.1) is 0 Å². The van der Waals surface area contributed by atoms with Crippen LogP contribution in [0.1, 0.15) is 47.2 Å². The van der Waals surface area contributed by atoms with E-state index < -0.39 is 23.8 Å². The molecule has 10 heteroatoms. The zero-order chi connectivity index (χ0) is 25.4. The van der Waals surface area contributed by atoms with Crippen molar-refractivity contribution in [3.63, 3.8) is 0 Å². The number of carbonyl (C=O) groups excluding carboxylic acids is 1. The molecule has 2 aliphatic rings. The number of halogens is 4. The van der Waals surface area contributed by atoms with Gasteiger partial charge in [-0.2, -0.15) is 13.2 Å². The summed E-state index contributed by atoms with van der Waals surface area (Å²) < 4.78 is 76.1. The van der Waals surface area contributed by atoms with Gasteiger partial charge in [-0.25, -0.2) is 4.39 Å². The lowest BCUT2D eigenvalue weighted by atomic mass is 9.98. The van der Waals surface area contributed by atoms with Gasteiger partial charge >= 0.3 is 12.1 Å². The first-order valence-corrected chi connectivity index (χ1v) is 11.3. The maximum Gasteiger partial charge on any atom is 0.433 e. The Balaban J connectivity index is 1.35. The van der Waals surface area contributed by atoms with Crippen LogP contribution in [0.3, 0.4) is 0 Å². The Morgan fingerprint density at radius 3 is 2.75 bits per heavy atom. The average Bonchev–Trinajstić information content (AvgIpc) is 3.45. The number of pyridine rings is 1. The minimum absolute atomic E-state index is 0.0484. The van der Waals surface area contributed by atoms with Crippen molar-refractivity contribution in [2.24, 2.45) is 0 Å². The van der Waals surface area contributed by atoms with Crippen molar-refractivity contribution in [1.82, 2.24) is 4.98 Å². The highest BCUT2D eigenvalue weighted by atomic mass is 19.4. The van der Waals surface area contributed by atoms with Crippen molar-refractivity contribution in [3.8, 4) is 23.0 Å². The summed E-state index contributed by atoms with van der Waals surface area (Å²) in [5.41, 5.74) is 0.646. The standard InChI is InChI=1S/C26H21F4NO5/c1-33-24(32)10-14-13-34-22-11-15(2-3-17(14)22)36-21-6-4-18-20(7-5-19(27)25(18)21)35-16-8-9-31-23(12-16)26(28,29)30/h2-3,5,7-9,11-12,14,21H,4,6,10,13H2,1H3. The van der Waals surface area contributed by atoms with E-state index in [1.807, 2.05) is 6.07 Å². The molecule has 5 rings (SSSR count). The van der Waals surface area contributed by atoms with Crippen LogP contribution in [-0.2, 0) is 22.1 Å². The van der Waals surface area contributed by atoms with Crippen LogP contribution in [0.2, 0.25) is 0 Å². The van der Waals surface area contributed by atoms with Gasteiger partial charge in [0.05, 0.1) is 20.1 Å². The molecule has 2 aromatic carbocycles. The normalized spacial score (nSPS) is 18.2. The highest BCUT2D eigenvalue weighted by molar-refractivity contribution is 5.71. The molecule has 0 bridgehead atoms. The zero-order valence-corrected chi connectivity index (χ0v) is 19.1. The summed E-state index contributed by atoms with van der Waals surface area (Å²) in [6, 6.07) is 9.99. The lowest BCUT2D eigenvalue weighted by Crippen LogP contribution is -2.09. The zero-order valence-electron chi connectivity index (χ0n) is 19.1. The number of hydrogen-bond acceptors (Lipinski definition) is 6. The predicted octanol–water partition coefficient (Wildman–Crippen LogP) is 6.14. The number of methoxy groups -OCH3 is 1. The summed E-state index contributed by atoms with van der Waals surface area (Å²) in [7, 11) is 1.34. The van der Waals surface area contributed by atoms with Gasteiger partial charge in [0, 0.05) is 40.9 Å². The first kappa shape index (κ1) is 23.9. The van der Waals surface area contributed by atoms with E-state index >= 15 is 0 Å². The number of ether oxygens (including phenoxy) is 4. The Morgan fingerprint density at radius 1 is 1.14 bits per heavy atom. The van der Waals surface area contributed by atoms with Crippen molar-refractivity contribution in [3.05, 3.63) is 76.9 Å². The molecule has 1 aliphatic heterocycles. The highest BCUT2D eigenvalue weighted by Gasteiger charge is 2.34. The largest absolute Gasteiger partial charge is 0.492 e. The summed E-state index contributed by atoms with van der Waals surface area (Å²) in [5, 5.41) is 0. The van der Waals surface area contributed by atoms with Crippen LogP contribution in [0.25, 0.3) is 0 Å². The Hall–Kier alpha value is -3.82. The monoisotopic (exact) mass is 503 g/mol. The number of rotatable bonds is 6. The fourth-order valence-electron chi connectivity index (χ4n) is 4.56. The quantitative estimate of drug-likeness (QED) is 0.298. The molecule has 0 saturated carbocycles. The Labute approximate surface area is 203 Å². The smallest absolute Gasteiger partial charge is 0.433 e. The SMILES string of the molecule is COC(=O)CC1COc2cc(OC3CCc4c(Oc5ccnc(C(F)(F)F)c5)ccc(F)c43)ccc21. The van der Waals surface area contributed by atoms with Crippen LogP contribution < -0.4 is 14.2 Å². The van der Waals surface area contributed by atoms with Crippen molar-refractivity contribution < 1.29 is 41.3 Å². The van der Waals surface area contributed by atoms with Gasteiger partial charge < -0.3 is 18.9 Å². The van der Waals surface area contributed by atoms with Crippen LogP contribution in [-0.4, -0.2) is 24.7 Å². The van der Waals surface area contributed by atoms with Gasteiger partial charge in [0.2, 0.25) is 0 Å². The minimum atomic E-state index is -4.61. The number of hydrogen-bond donors (Lipinski definition) is 0. The predicted molar refractivity (Wildman–Crippen MR) is 119 cm³/mol.